The van der Waals surface area contributed by atoms with Crippen LogP contribution in [0, 0.1) is 0 Å². The zero-order valence-electron chi connectivity index (χ0n) is 16.5. The number of piperidine rings is 1. The molecule has 29 heavy (non-hydrogen) atoms. The summed E-state index contributed by atoms with van der Waals surface area (Å²) in [5.41, 5.74) is -0.0725. The maximum atomic E-state index is 12.9. The van der Waals surface area contributed by atoms with Crippen molar-refractivity contribution in [3.63, 3.8) is 0 Å². The summed E-state index contributed by atoms with van der Waals surface area (Å²) < 4.78 is 6.85. The van der Waals surface area contributed by atoms with Gasteiger partial charge in [0.05, 0.1) is 6.54 Å². The fraction of sp³-hybridized carbons (Fsp3) is 0.429. The molecule has 1 aliphatic rings. The average molecular weight is 398 g/mol. The number of likely N-dealkylation sites (tertiary alicyclic amines) is 1. The number of nitrogens with zero attached hydrogens (tertiary/aromatic N) is 3. The zero-order valence-corrected chi connectivity index (χ0v) is 16.5. The van der Waals surface area contributed by atoms with Gasteiger partial charge < -0.3 is 15.0 Å². The smallest absolute Gasteiger partial charge is 0.274 e. The van der Waals surface area contributed by atoms with Gasteiger partial charge in [-0.3, -0.25) is 14.4 Å². The molecule has 0 saturated carbocycles. The summed E-state index contributed by atoms with van der Waals surface area (Å²) in [6.45, 7) is 3.36. The molecule has 8 heteroatoms. The molecule has 8 nitrogen and oxygen atoms in total. The molecule has 3 rings (SSSR count). The van der Waals surface area contributed by atoms with E-state index in [4.69, 9.17) is 4.74 Å². The van der Waals surface area contributed by atoms with Gasteiger partial charge in [0.2, 0.25) is 5.91 Å². The molecule has 1 aromatic heterocycles. The maximum Gasteiger partial charge on any atom is 0.274 e. The second kappa shape index (κ2) is 9.86. The Labute approximate surface area is 169 Å². The molecule has 2 aromatic rings. The van der Waals surface area contributed by atoms with Crippen molar-refractivity contribution in [2.75, 3.05) is 19.7 Å². The number of ether oxygens (including phenoxy) is 1. The summed E-state index contributed by atoms with van der Waals surface area (Å²) in [7, 11) is 0. The molecule has 1 aromatic carbocycles. The van der Waals surface area contributed by atoms with Crippen molar-refractivity contribution in [1.29, 1.82) is 0 Å². The third kappa shape index (κ3) is 5.66. The minimum absolute atomic E-state index is 0.0191. The summed E-state index contributed by atoms with van der Waals surface area (Å²) in [5, 5.41) is 7.17. The Morgan fingerprint density at radius 2 is 2.00 bits per heavy atom. The van der Waals surface area contributed by atoms with Gasteiger partial charge in [0.1, 0.15) is 18.1 Å². The van der Waals surface area contributed by atoms with Gasteiger partial charge in [-0.25, -0.2) is 4.68 Å². The van der Waals surface area contributed by atoms with Crippen molar-refractivity contribution in [2.24, 2.45) is 0 Å². The molecule has 1 N–H and O–H groups in total. The molecule has 2 heterocycles. The van der Waals surface area contributed by atoms with Crippen molar-refractivity contribution in [3.8, 4) is 5.75 Å². The van der Waals surface area contributed by atoms with Crippen molar-refractivity contribution in [2.45, 2.75) is 38.8 Å². The lowest BCUT2D eigenvalue weighted by Gasteiger charge is -2.33. The van der Waals surface area contributed by atoms with Crippen LogP contribution in [0.3, 0.4) is 0 Å². The SMILES string of the molecule is CCC(=O)NC1CCCN(C(=O)c2ccc(=O)n(CCOc3ccccc3)n2)C1. The summed E-state index contributed by atoms with van der Waals surface area (Å²) in [6, 6.07) is 12.1. The van der Waals surface area contributed by atoms with Crippen molar-refractivity contribution < 1.29 is 14.3 Å². The van der Waals surface area contributed by atoms with Gasteiger partial charge in [-0.15, -0.1) is 0 Å². The number of hydrogen-bond donors (Lipinski definition) is 1. The number of amides is 2. The molecule has 0 aliphatic carbocycles. The topological polar surface area (TPSA) is 93.5 Å². The minimum Gasteiger partial charge on any atom is -0.492 e. The lowest BCUT2D eigenvalue weighted by atomic mass is 10.1. The predicted molar refractivity (Wildman–Crippen MR) is 108 cm³/mol. The molecule has 154 valence electrons. The van der Waals surface area contributed by atoms with Gasteiger partial charge >= 0.3 is 0 Å². The van der Waals surface area contributed by atoms with E-state index in [9.17, 15) is 14.4 Å². The second-order valence-electron chi connectivity index (χ2n) is 6.95. The third-order valence-corrected chi connectivity index (χ3v) is 4.80. The van der Waals surface area contributed by atoms with Crippen molar-refractivity contribution in [3.05, 3.63) is 58.5 Å². The highest BCUT2D eigenvalue weighted by Gasteiger charge is 2.26. The molecular weight excluding hydrogens is 372 g/mol. The Morgan fingerprint density at radius 1 is 1.21 bits per heavy atom. The molecule has 0 spiro atoms. The molecule has 2 amide bonds. The van der Waals surface area contributed by atoms with E-state index in [2.05, 4.69) is 10.4 Å². The molecule has 1 fully saturated rings. The highest BCUT2D eigenvalue weighted by atomic mass is 16.5. The summed E-state index contributed by atoms with van der Waals surface area (Å²) in [4.78, 5) is 38.3. The standard InChI is InChI=1S/C21H26N4O4/c1-2-19(26)22-16-7-6-12-24(15-16)21(28)18-10-11-20(27)25(23-18)13-14-29-17-8-4-3-5-9-17/h3-5,8-11,16H,2,6-7,12-15H2,1H3,(H,22,26). The molecule has 0 radical (unpaired) electrons. The monoisotopic (exact) mass is 398 g/mol. The number of benzene rings is 1. The second-order valence-corrected chi connectivity index (χ2v) is 6.95. The van der Waals surface area contributed by atoms with E-state index in [1.54, 1.807) is 11.8 Å². The first-order chi connectivity index (χ1) is 14.1. The predicted octanol–water partition coefficient (Wildman–Crippen LogP) is 1.45. The summed E-state index contributed by atoms with van der Waals surface area (Å²) in [5.74, 6) is 0.453. The Morgan fingerprint density at radius 3 is 2.76 bits per heavy atom. The highest BCUT2D eigenvalue weighted by molar-refractivity contribution is 5.92. The van der Waals surface area contributed by atoms with Gasteiger partial charge in [-0.1, -0.05) is 25.1 Å². The van der Waals surface area contributed by atoms with E-state index in [0.29, 0.717) is 25.3 Å². The first kappa shape index (κ1) is 20.6. The Balaban J connectivity index is 1.62. The quantitative estimate of drug-likeness (QED) is 0.762. The fourth-order valence-corrected chi connectivity index (χ4v) is 3.26. The minimum atomic E-state index is -0.287. The highest BCUT2D eigenvalue weighted by Crippen LogP contribution is 2.13. The van der Waals surface area contributed by atoms with Gasteiger partial charge in [-0.2, -0.15) is 5.10 Å². The van der Waals surface area contributed by atoms with Crippen LogP contribution in [0.2, 0.25) is 0 Å². The van der Waals surface area contributed by atoms with E-state index in [-0.39, 0.29) is 42.3 Å². The molecule has 1 unspecified atom stereocenters. The lowest BCUT2D eigenvalue weighted by molar-refractivity contribution is -0.121. The van der Waals surface area contributed by atoms with Gasteiger partial charge in [-0.05, 0) is 31.0 Å². The molecule has 1 saturated heterocycles. The number of nitrogens with one attached hydrogen (secondary N) is 1. The zero-order chi connectivity index (χ0) is 20.6. The number of hydrogen-bond acceptors (Lipinski definition) is 5. The van der Waals surface area contributed by atoms with E-state index in [0.717, 1.165) is 12.8 Å². The van der Waals surface area contributed by atoms with Gasteiger partial charge in [0.25, 0.3) is 11.5 Å². The van der Waals surface area contributed by atoms with E-state index >= 15 is 0 Å². The number of carbonyl (C=O) groups excluding carboxylic acids is 2. The van der Waals surface area contributed by atoms with Crippen molar-refractivity contribution in [1.82, 2.24) is 20.0 Å². The van der Waals surface area contributed by atoms with Crippen LogP contribution < -0.4 is 15.6 Å². The first-order valence-corrected chi connectivity index (χ1v) is 9.91. The maximum absolute atomic E-state index is 12.9. The van der Waals surface area contributed by atoms with Crippen LogP contribution in [0.25, 0.3) is 0 Å². The van der Waals surface area contributed by atoms with E-state index in [1.165, 1.54) is 16.8 Å². The lowest BCUT2D eigenvalue weighted by Crippen LogP contribution is -2.49. The first-order valence-electron chi connectivity index (χ1n) is 9.91. The number of carbonyl (C=O) groups is 2. The van der Waals surface area contributed by atoms with Crippen LogP contribution >= 0.6 is 0 Å². The van der Waals surface area contributed by atoms with Crippen LogP contribution in [0.1, 0.15) is 36.7 Å². The van der Waals surface area contributed by atoms with E-state index < -0.39 is 0 Å². The average Bonchev–Trinajstić information content (AvgIpc) is 2.75. The van der Waals surface area contributed by atoms with Crippen LogP contribution in [0.5, 0.6) is 5.75 Å². The summed E-state index contributed by atoms with van der Waals surface area (Å²) in [6.07, 6.45) is 2.08. The Bertz CT molecular complexity index is 897. The molecule has 1 atom stereocenters. The normalized spacial score (nSPS) is 16.3. The molecule has 1 aliphatic heterocycles. The van der Waals surface area contributed by atoms with Crippen LogP contribution in [-0.4, -0.2) is 52.2 Å². The Kier molecular flexibility index (Phi) is 6.99. The molecular formula is C21H26N4O4. The fourth-order valence-electron chi connectivity index (χ4n) is 3.26. The van der Waals surface area contributed by atoms with Gasteiger partial charge in [0, 0.05) is 31.6 Å². The largest absolute Gasteiger partial charge is 0.492 e. The van der Waals surface area contributed by atoms with Crippen LogP contribution in [-0.2, 0) is 11.3 Å². The van der Waals surface area contributed by atoms with Crippen LogP contribution in [0.4, 0.5) is 0 Å². The summed E-state index contributed by atoms with van der Waals surface area (Å²) >= 11 is 0. The Hall–Kier alpha value is -3.16. The number of aromatic nitrogens is 2. The van der Waals surface area contributed by atoms with Crippen molar-refractivity contribution >= 4 is 11.8 Å². The molecule has 0 bridgehead atoms. The van der Waals surface area contributed by atoms with Crippen LogP contribution in [0.15, 0.2) is 47.3 Å². The van der Waals surface area contributed by atoms with E-state index in [1.807, 2.05) is 30.3 Å². The number of para-hydroxylation sites is 1. The number of rotatable bonds is 7. The van der Waals surface area contributed by atoms with Gasteiger partial charge in [0.15, 0.2) is 0 Å². The third-order valence-electron chi connectivity index (χ3n) is 4.80.